The Bertz CT molecular complexity index is 925. The number of benzene rings is 1. The van der Waals surface area contributed by atoms with E-state index in [4.69, 9.17) is 5.73 Å². The molecule has 128 valence electrons. The lowest BCUT2D eigenvalue weighted by Gasteiger charge is -2.17. The van der Waals surface area contributed by atoms with Crippen LogP contribution in [0.5, 0.6) is 0 Å². The third-order valence-corrected chi connectivity index (χ3v) is 4.24. The highest BCUT2D eigenvalue weighted by Gasteiger charge is 2.24. The maximum atomic E-state index is 12.7. The van der Waals surface area contributed by atoms with E-state index in [-0.39, 0.29) is 11.4 Å². The number of aromatic nitrogens is 2. The first-order chi connectivity index (χ1) is 11.1. The van der Waals surface area contributed by atoms with Crippen molar-refractivity contribution in [2.24, 2.45) is 14.1 Å². The summed E-state index contributed by atoms with van der Waals surface area (Å²) in [6, 6.07) is 5.09. The molecule has 0 spiro atoms. The van der Waals surface area contributed by atoms with Gasteiger partial charge in [-0.25, -0.2) is 4.79 Å². The molecule has 24 heavy (non-hydrogen) atoms. The highest BCUT2D eigenvalue weighted by atomic mass is 16.2. The van der Waals surface area contributed by atoms with Gasteiger partial charge < -0.3 is 11.1 Å². The largest absolute Gasteiger partial charge is 0.384 e. The fourth-order valence-electron chi connectivity index (χ4n) is 2.45. The highest BCUT2D eigenvalue weighted by molar-refractivity contribution is 6.04. The zero-order chi connectivity index (χ0) is 18.2. The lowest BCUT2D eigenvalue weighted by molar-refractivity contribution is 0.0973. The molecular weight excluding hydrogens is 308 g/mol. The molecule has 7 heteroatoms. The molecule has 1 atom stereocenters. The van der Waals surface area contributed by atoms with Gasteiger partial charge in [-0.15, -0.1) is 0 Å². The highest BCUT2D eigenvalue weighted by Crippen LogP contribution is 2.16. The maximum Gasteiger partial charge on any atom is 0.332 e. The Morgan fingerprint density at radius 1 is 1.12 bits per heavy atom. The molecule has 0 aliphatic carbocycles. The Hall–Kier alpha value is -2.83. The Labute approximate surface area is 139 Å². The maximum absolute atomic E-state index is 12.7. The van der Waals surface area contributed by atoms with Crippen molar-refractivity contribution in [2.45, 2.75) is 26.8 Å². The number of Topliss-reactive ketones (excluding diaryl/α,β-unsaturated/α-hetero) is 1. The van der Waals surface area contributed by atoms with Crippen molar-refractivity contribution in [3.05, 3.63) is 55.7 Å². The van der Waals surface area contributed by atoms with Crippen molar-refractivity contribution in [3.8, 4) is 0 Å². The lowest BCUT2D eigenvalue weighted by Crippen LogP contribution is -2.43. The molecule has 2 aromatic rings. The van der Waals surface area contributed by atoms with Crippen molar-refractivity contribution in [2.75, 3.05) is 11.1 Å². The molecule has 0 aliphatic heterocycles. The number of nitrogen functional groups attached to an aromatic ring is 1. The van der Waals surface area contributed by atoms with Gasteiger partial charge in [0, 0.05) is 19.8 Å². The Morgan fingerprint density at radius 3 is 2.33 bits per heavy atom. The van der Waals surface area contributed by atoms with Gasteiger partial charge in [-0.05, 0) is 44.0 Å². The summed E-state index contributed by atoms with van der Waals surface area (Å²) in [5.74, 6) is -0.580. The first-order valence-corrected chi connectivity index (χ1v) is 7.58. The number of carbonyl (C=O) groups excluding carboxylic acids is 1. The SMILES string of the molecule is Cc1ccc(N[C@H](C)C(=O)c2c(N)n(C)c(=O)n(C)c2=O)cc1C. The van der Waals surface area contributed by atoms with Crippen LogP contribution < -0.4 is 22.3 Å². The second-order valence-corrected chi connectivity index (χ2v) is 6.00. The molecule has 0 fully saturated rings. The molecule has 3 N–H and O–H groups in total. The van der Waals surface area contributed by atoms with Gasteiger partial charge in [0.05, 0.1) is 6.04 Å². The Kier molecular flexibility index (Phi) is 4.64. The predicted molar refractivity (Wildman–Crippen MR) is 94.7 cm³/mol. The Morgan fingerprint density at radius 2 is 1.75 bits per heavy atom. The quantitative estimate of drug-likeness (QED) is 0.814. The molecule has 1 heterocycles. The van der Waals surface area contributed by atoms with Crippen molar-refractivity contribution in [3.63, 3.8) is 0 Å². The summed E-state index contributed by atoms with van der Waals surface area (Å²) in [5.41, 5.74) is 7.42. The minimum Gasteiger partial charge on any atom is -0.384 e. The number of nitrogens with one attached hydrogen (secondary N) is 1. The number of hydrogen-bond acceptors (Lipinski definition) is 5. The number of nitrogens with zero attached hydrogens (tertiary/aromatic N) is 2. The number of hydrogen-bond donors (Lipinski definition) is 2. The van der Waals surface area contributed by atoms with E-state index in [1.54, 1.807) is 6.92 Å². The van der Waals surface area contributed by atoms with E-state index in [0.29, 0.717) is 0 Å². The van der Waals surface area contributed by atoms with Crippen molar-refractivity contribution < 1.29 is 4.79 Å². The zero-order valence-electron chi connectivity index (χ0n) is 14.5. The van der Waals surface area contributed by atoms with Gasteiger partial charge in [0.25, 0.3) is 5.56 Å². The number of anilines is 2. The summed E-state index contributed by atoms with van der Waals surface area (Å²) < 4.78 is 1.98. The molecular formula is C17H22N4O3. The Balaban J connectivity index is 2.40. The van der Waals surface area contributed by atoms with Gasteiger partial charge >= 0.3 is 5.69 Å². The number of carbonyl (C=O) groups is 1. The second-order valence-electron chi connectivity index (χ2n) is 6.00. The van der Waals surface area contributed by atoms with Crippen LogP contribution >= 0.6 is 0 Å². The molecule has 0 bridgehead atoms. The molecule has 0 saturated carbocycles. The molecule has 0 aliphatic rings. The van der Waals surface area contributed by atoms with Gasteiger partial charge in [0.2, 0.25) is 0 Å². The molecule has 1 aromatic heterocycles. The summed E-state index contributed by atoms with van der Waals surface area (Å²) >= 11 is 0. The topological polar surface area (TPSA) is 99.1 Å². The minimum absolute atomic E-state index is 0.123. The van der Waals surface area contributed by atoms with Crippen LogP contribution in [0.2, 0.25) is 0 Å². The fraction of sp³-hybridized carbons (Fsp3) is 0.353. The average Bonchev–Trinajstić information content (AvgIpc) is 2.54. The van der Waals surface area contributed by atoms with E-state index in [1.165, 1.54) is 14.1 Å². The van der Waals surface area contributed by atoms with Crippen LogP contribution in [0.25, 0.3) is 0 Å². The molecule has 1 aromatic carbocycles. The van der Waals surface area contributed by atoms with Crippen LogP contribution in [0, 0.1) is 13.8 Å². The number of nitrogens with two attached hydrogens (primary N) is 1. The standard InChI is InChI=1S/C17H22N4O3/c1-9-6-7-12(8-10(9)2)19-11(3)14(22)13-15(18)20(4)17(24)21(5)16(13)23/h6-8,11,19H,18H2,1-5H3/t11-/m1/s1. The van der Waals surface area contributed by atoms with Gasteiger partial charge in [0.1, 0.15) is 11.4 Å². The van der Waals surface area contributed by atoms with E-state index in [9.17, 15) is 14.4 Å². The molecule has 0 radical (unpaired) electrons. The predicted octanol–water partition coefficient (Wildman–Crippen LogP) is 0.966. The monoisotopic (exact) mass is 330 g/mol. The third-order valence-electron chi connectivity index (χ3n) is 4.24. The normalized spacial score (nSPS) is 12.0. The van der Waals surface area contributed by atoms with Crippen molar-refractivity contribution in [1.29, 1.82) is 0 Å². The molecule has 0 unspecified atom stereocenters. The third kappa shape index (κ3) is 2.97. The van der Waals surface area contributed by atoms with E-state index in [0.717, 1.165) is 25.9 Å². The number of ketones is 1. The lowest BCUT2D eigenvalue weighted by atomic mass is 10.1. The minimum atomic E-state index is -0.686. The summed E-state index contributed by atoms with van der Waals surface area (Å²) in [6.45, 7) is 5.64. The van der Waals surface area contributed by atoms with Crippen LogP contribution in [-0.4, -0.2) is 21.0 Å². The van der Waals surface area contributed by atoms with Gasteiger partial charge in [-0.1, -0.05) is 6.07 Å². The first kappa shape index (κ1) is 17.5. The van der Waals surface area contributed by atoms with Crippen LogP contribution in [-0.2, 0) is 14.1 Å². The molecule has 0 saturated heterocycles. The van der Waals surface area contributed by atoms with Crippen LogP contribution in [0.15, 0.2) is 27.8 Å². The smallest absolute Gasteiger partial charge is 0.332 e. The van der Waals surface area contributed by atoms with Crippen LogP contribution in [0.4, 0.5) is 11.5 Å². The number of rotatable bonds is 4. The molecule has 2 rings (SSSR count). The van der Waals surface area contributed by atoms with Crippen LogP contribution in [0.3, 0.4) is 0 Å². The van der Waals surface area contributed by atoms with Crippen molar-refractivity contribution >= 4 is 17.3 Å². The molecule has 0 amide bonds. The van der Waals surface area contributed by atoms with Gasteiger partial charge in [-0.2, -0.15) is 0 Å². The summed E-state index contributed by atoms with van der Waals surface area (Å²) in [6.07, 6.45) is 0. The van der Waals surface area contributed by atoms with E-state index >= 15 is 0 Å². The van der Waals surface area contributed by atoms with Gasteiger partial charge in [0.15, 0.2) is 5.78 Å². The second kappa shape index (κ2) is 6.35. The fourth-order valence-corrected chi connectivity index (χ4v) is 2.45. The van der Waals surface area contributed by atoms with Crippen molar-refractivity contribution in [1.82, 2.24) is 9.13 Å². The zero-order valence-corrected chi connectivity index (χ0v) is 14.5. The van der Waals surface area contributed by atoms with E-state index < -0.39 is 23.1 Å². The summed E-state index contributed by atoms with van der Waals surface area (Å²) in [4.78, 5) is 36.8. The molecule has 7 nitrogen and oxygen atoms in total. The van der Waals surface area contributed by atoms with Gasteiger partial charge in [-0.3, -0.25) is 18.7 Å². The summed E-state index contributed by atoms with van der Waals surface area (Å²) in [5, 5.41) is 3.08. The average molecular weight is 330 g/mol. The number of aryl methyl sites for hydroxylation is 2. The van der Waals surface area contributed by atoms with E-state index in [1.807, 2.05) is 32.0 Å². The van der Waals surface area contributed by atoms with E-state index in [2.05, 4.69) is 5.32 Å². The first-order valence-electron chi connectivity index (χ1n) is 7.58. The summed E-state index contributed by atoms with van der Waals surface area (Å²) in [7, 11) is 2.75. The van der Waals surface area contributed by atoms with Crippen LogP contribution in [0.1, 0.15) is 28.4 Å².